The Labute approximate surface area is 67.4 Å². The smallest absolute Gasteiger partial charge is 0.336 e. The average molecular weight is 166 g/mol. The van der Waals surface area contributed by atoms with E-state index in [0.717, 1.165) is 18.2 Å². The van der Waals surface area contributed by atoms with E-state index in [4.69, 9.17) is 5.11 Å². The first kappa shape index (κ1) is 8.19. The van der Waals surface area contributed by atoms with Crippen molar-refractivity contribution in [3.63, 3.8) is 0 Å². The summed E-state index contributed by atoms with van der Waals surface area (Å²) in [4.78, 5) is 19.8. The van der Waals surface area contributed by atoms with Gasteiger partial charge >= 0.3 is 5.97 Å². The van der Waals surface area contributed by atoms with Gasteiger partial charge in [0.05, 0.1) is 10.5 Å². The molecule has 0 fully saturated rings. The number of nitro benzene ring substituents is 1. The number of carboxylic acid groups (broad SMARTS) is 1. The van der Waals surface area contributed by atoms with Gasteiger partial charge < -0.3 is 5.11 Å². The Morgan fingerprint density at radius 1 is 1.58 bits per heavy atom. The zero-order valence-corrected chi connectivity index (χ0v) is 5.85. The van der Waals surface area contributed by atoms with Crippen molar-refractivity contribution < 1.29 is 14.8 Å². The summed E-state index contributed by atoms with van der Waals surface area (Å²) in [6, 6.07) is 5.57. The molecule has 0 aromatic heterocycles. The summed E-state index contributed by atoms with van der Waals surface area (Å²) in [5.41, 5.74) is -0.249. The van der Waals surface area contributed by atoms with Crippen LogP contribution in [-0.2, 0) is 0 Å². The summed E-state index contributed by atoms with van der Waals surface area (Å²) in [5, 5.41) is 18.5. The first-order valence-electron chi connectivity index (χ1n) is 3.00. The van der Waals surface area contributed by atoms with E-state index < -0.39 is 10.9 Å². The largest absolute Gasteiger partial charge is 0.478 e. The summed E-state index contributed by atoms with van der Waals surface area (Å²) in [6.45, 7) is 0. The van der Waals surface area contributed by atoms with Crippen molar-refractivity contribution in [2.45, 2.75) is 0 Å². The van der Waals surface area contributed by atoms with Crippen molar-refractivity contribution >= 4 is 11.7 Å². The Hall–Kier alpha value is -1.91. The van der Waals surface area contributed by atoms with Crippen LogP contribution in [0.4, 0.5) is 5.69 Å². The Kier molecular flexibility index (Phi) is 2.05. The molecule has 5 nitrogen and oxygen atoms in total. The number of carbonyl (C=O) groups is 1. The first-order chi connectivity index (χ1) is 5.61. The molecular formula is C7H4NO4. The van der Waals surface area contributed by atoms with Crippen LogP contribution < -0.4 is 0 Å². The molecule has 0 bridgehead atoms. The highest BCUT2D eigenvalue weighted by molar-refractivity contribution is 5.87. The van der Waals surface area contributed by atoms with Gasteiger partial charge in [-0.15, -0.1) is 0 Å². The van der Waals surface area contributed by atoms with E-state index in [1.165, 1.54) is 0 Å². The topological polar surface area (TPSA) is 80.4 Å². The van der Waals surface area contributed by atoms with Gasteiger partial charge in [-0.1, -0.05) is 0 Å². The third-order valence-corrected chi connectivity index (χ3v) is 1.24. The van der Waals surface area contributed by atoms with E-state index in [1.54, 1.807) is 0 Å². The molecule has 1 radical (unpaired) electrons. The van der Waals surface area contributed by atoms with Gasteiger partial charge in [0.25, 0.3) is 5.69 Å². The first-order valence-corrected chi connectivity index (χ1v) is 3.00. The van der Waals surface area contributed by atoms with Crippen molar-refractivity contribution in [1.82, 2.24) is 0 Å². The van der Waals surface area contributed by atoms with Crippen LogP contribution in [0.3, 0.4) is 0 Å². The maximum Gasteiger partial charge on any atom is 0.336 e. The number of benzene rings is 1. The monoisotopic (exact) mass is 166 g/mol. The minimum absolute atomic E-state index is 0.0828. The summed E-state index contributed by atoms with van der Waals surface area (Å²) in [5.74, 6) is -1.15. The Bertz CT molecular complexity index is 284. The van der Waals surface area contributed by atoms with Gasteiger partial charge in [-0.25, -0.2) is 4.79 Å². The lowest BCUT2D eigenvalue weighted by Gasteiger charge is -1.91. The van der Waals surface area contributed by atoms with E-state index in [-0.39, 0.29) is 11.3 Å². The molecule has 0 aliphatic heterocycles. The summed E-state index contributed by atoms with van der Waals surface area (Å²) in [7, 11) is 0. The van der Waals surface area contributed by atoms with E-state index in [0.29, 0.717) is 0 Å². The molecule has 0 saturated carbocycles. The minimum Gasteiger partial charge on any atom is -0.478 e. The van der Waals surface area contributed by atoms with Gasteiger partial charge in [-0.2, -0.15) is 0 Å². The second-order valence-corrected chi connectivity index (χ2v) is 2.02. The Morgan fingerprint density at radius 2 is 2.25 bits per heavy atom. The molecule has 0 amide bonds. The highest BCUT2D eigenvalue weighted by Gasteiger charge is 2.07. The Balaban J connectivity index is 3.01. The molecule has 0 saturated heterocycles. The number of hydrogen-bond donors (Lipinski definition) is 1. The van der Waals surface area contributed by atoms with E-state index >= 15 is 0 Å². The molecule has 5 heteroatoms. The normalized spacial score (nSPS) is 9.33. The predicted molar refractivity (Wildman–Crippen MR) is 38.9 cm³/mol. The average Bonchev–Trinajstić information content (AvgIpc) is 2.04. The van der Waals surface area contributed by atoms with Crippen LogP contribution in [0.25, 0.3) is 0 Å². The number of rotatable bonds is 2. The maximum absolute atomic E-state index is 10.3. The minimum atomic E-state index is -1.15. The molecule has 1 aromatic carbocycles. The molecule has 1 N–H and O–H groups in total. The lowest BCUT2D eigenvalue weighted by molar-refractivity contribution is -0.384. The highest BCUT2D eigenvalue weighted by atomic mass is 16.6. The van der Waals surface area contributed by atoms with Crippen molar-refractivity contribution in [3.8, 4) is 0 Å². The highest BCUT2D eigenvalue weighted by Crippen LogP contribution is 2.10. The van der Waals surface area contributed by atoms with Crippen LogP contribution in [0.1, 0.15) is 10.4 Å². The number of non-ortho nitro benzene ring substituents is 1. The van der Waals surface area contributed by atoms with Gasteiger partial charge in [0.1, 0.15) is 0 Å². The zero-order chi connectivity index (χ0) is 9.14. The molecule has 61 valence electrons. The van der Waals surface area contributed by atoms with E-state index in [2.05, 4.69) is 6.07 Å². The number of nitro groups is 1. The fourth-order valence-electron chi connectivity index (χ4n) is 0.663. The van der Waals surface area contributed by atoms with Crippen LogP contribution in [0.5, 0.6) is 0 Å². The number of aromatic carboxylic acids is 1. The molecule has 0 atom stereocenters. The van der Waals surface area contributed by atoms with Crippen molar-refractivity contribution in [1.29, 1.82) is 0 Å². The van der Waals surface area contributed by atoms with E-state index in [9.17, 15) is 14.9 Å². The lowest BCUT2D eigenvalue weighted by Crippen LogP contribution is -1.96. The van der Waals surface area contributed by atoms with Crippen LogP contribution in [-0.4, -0.2) is 16.0 Å². The predicted octanol–water partition coefficient (Wildman–Crippen LogP) is 1.09. The van der Waals surface area contributed by atoms with Gasteiger partial charge in [0.2, 0.25) is 0 Å². The van der Waals surface area contributed by atoms with Crippen LogP contribution >= 0.6 is 0 Å². The van der Waals surface area contributed by atoms with Crippen molar-refractivity contribution in [2.24, 2.45) is 0 Å². The third kappa shape index (κ3) is 1.57. The van der Waals surface area contributed by atoms with Crippen LogP contribution in [0, 0.1) is 16.2 Å². The maximum atomic E-state index is 10.3. The number of carboxylic acids is 1. The fraction of sp³-hybridized carbons (Fsp3) is 0. The van der Waals surface area contributed by atoms with Gasteiger partial charge in [-0.05, 0) is 6.07 Å². The molecule has 0 aliphatic rings. The van der Waals surface area contributed by atoms with Gasteiger partial charge in [0.15, 0.2) is 0 Å². The zero-order valence-electron chi connectivity index (χ0n) is 5.85. The third-order valence-electron chi connectivity index (χ3n) is 1.24. The molecule has 0 heterocycles. The molecular weight excluding hydrogens is 162 g/mol. The standard InChI is InChI=1S/C7H4NO4/c9-7(10)5-1-3-6(4-2-5)8(11)12/h1,3-4H,(H,9,10). The molecule has 0 aliphatic carbocycles. The quantitative estimate of drug-likeness (QED) is 0.526. The lowest BCUT2D eigenvalue weighted by atomic mass is 10.2. The second-order valence-electron chi connectivity index (χ2n) is 2.02. The fourth-order valence-corrected chi connectivity index (χ4v) is 0.663. The summed E-state index contributed by atoms with van der Waals surface area (Å²) < 4.78 is 0. The van der Waals surface area contributed by atoms with Gasteiger partial charge in [0, 0.05) is 18.2 Å². The molecule has 0 spiro atoms. The summed E-state index contributed by atoms with van der Waals surface area (Å²) in [6.07, 6.45) is 0. The van der Waals surface area contributed by atoms with Crippen molar-refractivity contribution in [3.05, 3.63) is 39.9 Å². The van der Waals surface area contributed by atoms with Gasteiger partial charge in [-0.3, -0.25) is 10.1 Å². The van der Waals surface area contributed by atoms with Crippen LogP contribution in [0.15, 0.2) is 18.2 Å². The molecule has 12 heavy (non-hydrogen) atoms. The van der Waals surface area contributed by atoms with Crippen molar-refractivity contribution in [2.75, 3.05) is 0 Å². The van der Waals surface area contributed by atoms with E-state index in [1.807, 2.05) is 0 Å². The number of hydrogen-bond acceptors (Lipinski definition) is 3. The van der Waals surface area contributed by atoms with Crippen LogP contribution in [0.2, 0.25) is 0 Å². The SMILES string of the molecule is O=C(O)c1[c]cc([N+](=O)[O-])cc1. The molecule has 0 unspecified atom stereocenters. The molecule has 1 aromatic rings. The second kappa shape index (κ2) is 3.00. The Morgan fingerprint density at radius 3 is 2.58 bits per heavy atom. The summed E-state index contributed by atoms with van der Waals surface area (Å²) >= 11 is 0. The molecule has 1 rings (SSSR count). The number of nitrogens with zero attached hydrogens (tertiary/aromatic N) is 1.